The van der Waals surface area contributed by atoms with Crippen LogP contribution in [0.15, 0.2) is 42.5 Å². The van der Waals surface area contributed by atoms with Crippen LogP contribution in [0, 0.1) is 10.1 Å². The predicted octanol–water partition coefficient (Wildman–Crippen LogP) is 4.56. The fourth-order valence-corrected chi connectivity index (χ4v) is 2.69. The minimum atomic E-state index is -0.833. The van der Waals surface area contributed by atoms with Crippen molar-refractivity contribution in [1.82, 2.24) is 0 Å². The Labute approximate surface area is 161 Å². The molecule has 2 aromatic rings. The lowest BCUT2D eigenvalue weighted by Gasteiger charge is -2.15. The third kappa shape index (κ3) is 5.27. The highest BCUT2D eigenvalue weighted by Crippen LogP contribution is 2.26. The molecule has 0 saturated heterocycles. The molecule has 7 nitrogen and oxygen atoms in total. The summed E-state index contributed by atoms with van der Waals surface area (Å²) in [5.41, 5.74) is 1.38. The number of hydrogen-bond donors (Lipinski definition) is 1. The Bertz CT molecular complexity index is 869. The Morgan fingerprint density at radius 3 is 2.59 bits per heavy atom. The number of anilines is 1. The number of benzene rings is 2. The van der Waals surface area contributed by atoms with E-state index >= 15 is 0 Å². The molecule has 1 amide bonds. The van der Waals surface area contributed by atoms with E-state index in [2.05, 4.69) is 19.2 Å². The Kier molecular flexibility index (Phi) is 6.90. The summed E-state index contributed by atoms with van der Waals surface area (Å²) in [6.07, 6.45) is 0.917. The van der Waals surface area contributed by atoms with E-state index in [1.54, 1.807) is 6.07 Å². The van der Waals surface area contributed by atoms with E-state index in [-0.39, 0.29) is 22.2 Å². The molecular formula is C19H19ClN2O5. The molecule has 2 aromatic carbocycles. The summed E-state index contributed by atoms with van der Waals surface area (Å²) < 4.78 is 4.96. The van der Waals surface area contributed by atoms with Gasteiger partial charge in [-0.05, 0) is 30.0 Å². The summed E-state index contributed by atoms with van der Waals surface area (Å²) in [4.78, 5) is 34.3. The van der Waals surface area contributed by atoms with Gasteiger partial charge in [0.15, 0.2) is 6.61 Å². The number of carbonyl (C=O) groups excluding carboxylic acids is 2. The van der Waals surface area contributed by atoms with Gasteiger partial charge in [-0.2, -0.15) is 0 Å². The molecule has 142 valence electrons. The molecular weight excluding hydrogens is 372 g/mol. The molecule has 0 aliphatic rings. The summed E-state index contributed by atoms with van der Waals surface area (Å²) in [5.74, 6) is -1.06. The van der Waals surface area contributed by atoms with E-state index < -0.39 is 23.4 Å². The van der Waals surface area contributed by atoms with Crippen LogP contribution in [0.25, 0.3) is 0 Å². The molecule has 0 aliphatic heterocycles. The second-order valence-corrected chi connectivity index (χ2v) is 6.35. The maximum absolute atomic E-state index is 12.1. The molecule has 1 atom stereocenters. The first kappa shape index (κ1) is 20.4. The highest BCUT2D eigenvalue weighted by molar-refractivity contribution is 6.33. The molecule has 0 unspecified atom stereocenters. The van der Waals surface area contributed by atoms with Crippen molar-refractivity contribution >= 4 is 34.9 Å². The van der Waals surface area contributed by atoms with E-state index in [1.807, 2.05) is 18.2 Å². The fourth-order valence-electron chi connectivity index (χ4n) is 2.44. The third-order valence-electron chi connectivity index (χ3n) is 4.10. The Morgan fingerprint density at radius 2 is 1.96 bits per heavy atom. The maximum Gasteiger partial charge on any atom is 0.340 e. The third-order valence-corrected chi connectivity index (χ3v) is 4.41. The van der Waals surface area contributed by atoms with E-state index in [0.29, 0.717) is 5.69 Å². The molecule has 27 heavy (non-hydrogen) atoms. The number of carbonyl (C=O) groups is 2. The Balaban J connectivity index is 2.00. The molecule has 1 N–H and O–H groups in total. The standard InChI is InChI=1S/C19H19ClN2O5/c1-3-12(2)14-6-4-5-7-17(14)21-18(23)11-27-19(24)15-9-8-13(22(25)26)10-16(15)20/h4-10,12H,3,11H2,1-2H3,(H,21,23)/t12-/m1/s1. The number of nitro benzene ring substituents is 1. The average Bonchev–Trinajstić information content (AvgIpc) is 2.65. The highest BCUT2D eigenvalue weighted by Gasteiger charge is 2.18. The number of halogens is 1. The zero-order valence-electron chi connectivity index (χ0n) is 14.9. The molecule has 0 spiro atoms. The molecule has 0 fully saturated rings. The van der Waals surface area contributed by atoms with Crippen molar-refractivity contribution < 1.29 is 19.2 Å². The fraction of sp³-hybridized carbons (Fsp3) is 0.263. The molecule has 0 heterocycles. The molecule has 2 rings (SSSR count). The van der Waals surface area contributed by atoms with Crippen LogP contribution in [0.5, 0.6) is 0 Å². The number of hydrogen-bond acceptors (Lipinski definition) is 5. The Morgan fingerprint density at radius 1 is 1.26 bits per heavy atom. The van der Waals surface area contributed by atoms with Gasteiger partial charge in [0.1, 0.15) is 0 Å². The van der Waals surface area contributed by atoms with Crippen molar-refractivity contribution in [1.29, 1.82) is 0 Å². The summed E-state index contributed by atoms with van der Waals surface area (Å²) in [6, 6.07) is 10.8. The van der Waals surface area contributed by atoms with Gasteiger partial charge in [0.2, 0.25) is 0 Å². The molecule has 0 aromatic heterocycles. The Hall–Kier alpha value is -2.93. The number of amides is 1. The van der Waals surface area contributed by atoms with E-state index in [9.17, 15) is 19.7 Å². The van der Waals surface area contributed by atoms with Crippen LogP contribution in [0.2, 0.25) is 5.02 Å². The lowest BCUT2D eigenvalue weighted by molar-refractivity contribution is -0.384. The SMILES string of the molecule is CC[C@@H](C)c1ccccc1NC(=O)COC(=O)c1ccc([N+](=O)[O-])cc1Cl. The monoisotopic (exact) mass is 390 g/mol. The minimum absolute atomic E-state index is 0.0462. The summed E-state index contributed by atoms with van der Waals surface area (Å²) >= 11 is 5.88. The zero-order chi connectivity index (χ0) is 20.0. The first-order valence-electron chi connectivity index (χ1n) is 8.33. The molecule has 0 saturated carbocycles. The van der Waals surface area contributed by atoms with Crippen molar-refractivity contribution in [2.24, 2.45) is 0 Å². The van der Waals surface area contributed by atoms with E-state index in [0.717, 1.165) is 24.1 Å². The van der Waals surface area contributed by atoms with Crippen molar-refractivity contribution in [3.63, 3.8) is 0 Å². The van der Waals surface area contributed by atoms with Crippen LogP contribution in [0.3, 0.4) is 0 Å². The van der Waals surface area contributed by atoms with Gasteiger partial charge in [0.25, 0.3) is 11.6 Å². The van der Waals surface area contributed by atoms with Gasteiger partial charge in [-0.15, -0.1) is 0 Å². The minimum Gasteiger partial charge on any atom is -0.452 e. The molecule has 0 aliphatic carbocycles. The van der Waals surface area contributed by atoms with Crippen LogP contribution in [0.4, 0.5) is 11.4 Å². The second-order valence-electron chi connectivity index (χ2n) is 5.94. The van der Waals surface area contributed by atoms with Crippen molar-refractivity contribution in [2.75, 3.05) is 11.9 Å². The lowest BCUT2D eigenvalue weighted by atomic mass is 9.97. The molecule has 0 radical (unpaired) electrons. The van der Waals surface area contributed by atoms with Crippen LogP contribution in [0.1, 0.15) is 42.1 Å². The van der Waals surface area contributed by atoms with Crippen molar-refractivity contribution in [3.05, 3.63) is 68.7 Å². The van der Waals surface area contributed by atoms with Crippen molar-refractivity contribution in [3.8, 4) is 0 Å². The van der Waals surface area contributed by atoms with Crippen LogP contribution >= 0.6 is 11.6 Å². The quantitative estimate of drug-likeness (QED) is 0.424. The lowest BCUT2D eigenvalue weighted by Crippen LogP contribution is -2.22. The highest BCUT2D eigenvalue weighted by atomic mass is 35.5. The van der Waals surface area contributed by atoms with Crippen LogP contribution in [-0.4, -0.2) is 23.4 Å². The topological polar surface area (TPSA) is 98.5 Å². The van der Waals surface area contributed by atoms with Crippen LogP contribution in [-0.2, 0) is 9.53 Å². The summed E-state index contributed by atoms with van der Waals surface area (Å²) in [7, 11) is 0. The normalized spacial score (nSPS) is 11.5. The number of nitro groups is 1. The van der Waals surface area contributed by atoms with Gasteiger partial charge in [-0.1, -0.05) is 43.6 Å². The van der Waals surface area contributed by atoms with Gasteiger partial charge in [0, 0.05) is 17.8 Å². The van der Waals surface area contributed by atoms with Gasteiger partial charge >= 0.3 is 5.97 Å². The largest absolute Gasteiger partial charge is 0.452 e. The van der Waals surface area contributed by atoms with Crippen LogP contribution < -0.4 is 5.32 Å². The number of esters is 1. The number of nitrogens with one attached hydrogen (secondary N) is 1. The smallest absolute Gasteiger partial charge is 0.340 e. The van der Waals surface area contributed by atoms with Gasteiger partial charge in [-0.25, -0.2) is 4.79 Å². The van der Waals surface area contributed by atoms with E-state index in [4.69, 9.17) is 16.3 Å². The number of nitrogens with zero attached hydrogens (tertiary/aromatic N) is 1. The predicted molar refractivity (Wildman–Crippen MR) is 102 cm³/mol. The average molecular weight is 391 g/mol. The maximum atomic E-state index is 12.1. The summed E-state index contributed by atoms with van der Waals surface area (Å²) in [5, 5.41) is 13.3. The first-order valence-corrected chi connectivity index (χ1v) is 8.71. The number of para-hydroxylation sites is 1. The first-order chi connectivity index (χ1) is 12.8. The summed E-state index contributed by atoms with van der Waals surface area (Å²) in [6.45, 7) is 3.61. The molecule has 8 heteroatoms. The number of non-ortho nitro benzene ring substituents is 1. The second kappa shape index (κ2) is 9.14. The van der Waals surface area contributed by atoms with Crippen molar-refractivity contribution in [2.45, 2.75) is 26.2 Å². The zero-order valence-corrected chi connectivity index (χ0v) is 15.7. The number of rotatable bonds is 7. The van der Waals surface area contributed by atoms with Gasteiger partial charge in [-0.3, -0.25) is 14.9 Å². The van der Waals surface area contributed by atoms with E-state index in [1.165, 1.54) is 6.07 Å². The van der Waals surface area contributed by atoms with Gasteiger partial charge < -0.3 is 10.1 Å². The van der Waals surface area contributed by atoms with Gasteiger partial charge in [0.05, 0.1) is 15.5 Å². The molecule has 0 bridgehead atoms. The number of ether oxygens (including phenoxy) is 1.